The lowest BCUT2D eigenvalue weighted by molar-refractivity contribution is -0.119. The van der Waals surface area contributed by atoms with Crippen LogP contribution < -0.4 is 10.6 Å². The van der Waals surface area contributed by atoms with Gasteiger partial charge in [-0.3, -0.25) is 9.59 Å². The van der Waals surface area contributed by atoms with Crippen LogP contribution in [0.3, 0.4) is 0 Å². The number of anilines is 2. The third-order valence-electron chi connectivity index (χ3n) is 3.78. The van der Waals surface area contributed by atoms with Gasteiger partial charge in [-0.1, -0.05) is 18.2 Å². The van der Waals surface area contributed by atoms with E-state index in [1.165, 1.54) is 23.5 Å². The van der Waals surface area contributed by atoms with Gasteiger partial charge in [0, 0.05) is 5.69 Å². The summed E-state index contributed by atoms with van der Waals surface area (Å²) < 4.78 is 5.00. The number of hydrogen-bond acceptors (Lipinski definition) is 6. The summed E-state index contributed by atoms with van der Waals surface area (Å²) in [7, 11) is 0. The molecule has 0 fully saturated rings. The van der Waals surface area contributed by atoms with Gasteiger partial charge in [0.15, 0.2) is 6.61 Å². The highest BCUT2D eigenvalue weighted by Crippen LogP contribution is 2.15. The summed E-state index contributed by atoms with van der Waals surface area (Å²) in [6.07, 6.45) is 0. The largest absolute Gasteiger partial charge is 0.452 e. The number of carbonyl (C=O) groups is 3. The molecule has 0 radical (unpaired) electrons. The molecule has 0 aliphatic carbocycles. The molecule has 2 amide bonds. The minimum atomic E-state index is -0.676. The Labute approximate surface area is 170 Å². The monoisotopic (exact) mass is 405 g/mol. The molecule has 0 bridgehead atoms. The second-order valence-corrected chi connectivity index (χ2v) is 6.74. The average Bonchev–Trinajstić information content (AvgIpc) is 3.28. The lowest BCUT2D eigenvalue weighted by Crippen LogP contribution is -2.21. The average molecular weight is 405 g/mol. The summed E-state index contributed by atoms with van der Waals surface area (Å²) >= 11 is 1.33. The molecule has 0 aliphatic heterocycles. The Morgan fingerprint density at radius 2 is 1.72 bits per heavy atom. The Morgan fingerprint density at radius 1 is 0.966 bits per heavy atom. The maximum Gasteiger partial charge on any atom is 0.338 e. The van der Waals surface area contributed by atoms with E-state index in [0.29, 0.717) is 21.8 Å². The van der Waals surface area contributed by atoms with Crippen molar-refractivity contribution < 1.29 is 19.1 Å². The molecule has 1 aromatic heterocycles. The number of rotatable bonds is 6. The third kappa shape index (κ3) is 5.28. The minimum Gasteiger partial charge on any atom is -0.452 e. The number of thiophene rings is 1. The van der Waals surface area contributed by atoms with Gasteiger partial charge in [0.1, 0.15) is 6.07 Å². The Hall–Kier alpha value is -3.96. The lowest BCUT2D eigenvalue weighted by Gasteiger charge is -2.08. The van der Waals surface area contributed by atoms with Crippen LogP contribution in [0.4, 0.5) is 11.4 Å². The number of ether oxygens (including phenoxy) is 1. The molecule has 0 unspecified atom stereocenters. The number of nitrogens with zero attached hydrogens (tertiary/aromatic N) is 1. The second-order valence-electron chi connectivity index (χ2n) is 5.79. The molecule has 3 rings (SSSR count). The number of nitriles is 1. The molecule has 7 nitrogen and oxygen atoms in total. The molecule has 2 N–H and O–H groups in total. The predicted molar refractivity (Wildman–Crippen MR) is 109 cm³/mol. The predicted octanol–water partition coefficient (Wildman–Crippen LogP) is 3.67. The van der Waals surface area contributed by atoms with Gasteiger partial charge in [-0.15, -0.1) is 11.3 Å². The molecule has 0 saturated heterocycles. The minimum absolute atomic E-state index is 0.232. The van der Waals surface area contributed by atoms with Crippen molar-refractivity contribution in [3.8, 4) is 6.07 Å². The quantitative estimate of drug-likeness (QED) is 0.608. The van der Waals surface area contributed by atoms with Gasteiger partial charge in [-0.2, -0.15) is 5.26 Å². The molecule has 0 spiro atoms. The van der Waals surface area contributed by atoms with Gasteiger partial charge >= 0.3 is 5.97 Å². The zero-order chi connectivity index (χ0) is 20.6. The van der Waals surface area contributed by atoms with Crippen molar-refractivity contribution in [3.63, 3.8) is 0 Å². The maximum absolute atomic E-state index is 12.1. The van der Waals surface area contributed by atoms with Crippen LogP contribution in [0.1, 0.15) is 25.6 Å². The maximum atomic E-state index is 12.1. The Bertz CT molecular complexity index is 1070. The number of carbonyl (C=O) groups excluding carboxylic acids is 3. The van der Waals surface area contributed by atoms with Gasteiger partial charge in [0.2, 0.25) is 0 Å². The van der Waals surface area contributed by atoms with E-state index in [1.807, 2.05) is 11.4 Å². The molecule has 0 saturated carbocycles. The van der Waals surface area contributed by atoms with E-state index in [-0.39, 0.29) is 11.5 Å². The van der Waals surface area contributed by atoms with E-state index in [4.69, 9.17) is 10.00 Å². The zero-order valence-electron chi connectivity index (χ0n) is 15.0. The molecule has 8 heteroatoms. The first-order chi connectivity index (χ1) is 14.1. The van der Waals surface area contributed by atoms with E-state index >= 15 is 0 Å². The molecule has 2 aromatic carbocycles. The van der Waals surface area contributed by atoms with Crippen molar-refractivity contribution in [2.24, 2.45) is 0 Å². The molecule has 1 heterocycles. The van der Waals surface area contributed by atoms with E-state index in [2.05, 4.69) is 10.6 Å². The smallest absolute Gasteiger partial charge is 0.338 e. The van der Waals surface area contributed by atoms with Crippen LogP contribution in [0.25, 0.3) is 0 Å². The van der Waals surface area contributed by atoms with Gasteiger partial charge in [0.05, 0.1) is 21.7 Å². The van der Waals surface area contributed by atoms with Crippen LogP contribution in [0, 0.1) is 11.3 Å². The van der Waals surface area contributed by atoms with Crippen molar-refractivity contribution >= 4 is 40.5 Å². The summed E-state index contributed by atoms with van der Waals surface area (Å²) in [5, 5.41) is 16.1. The van der Waals surface area contributed by atoms with E-state index in [9.17, 15) is 14.4 Å². The standard InChI is InChI=1S/C21H15N3O4S/c22-12-15-4-1-2-5-17(15)24-19(25)13-28-21(27)14-7-9-16(10-8-14)23-20(26)18-6-3-11-29-18/h1-11H,13H2,(H,23,26)(H,24,25). The normalized spacial score (nSPS) is 9.90. The number of esters is 1. The van der Waals surface area contributed by atoms with Gasteiger partial charge < -0.3 is 15.4 Å². The summed E-state index contributed by atoms with van der Waals surface area (Å²) in [4.78, 5) is 36.7. The van der Waals surface area contributed by atoms with Crippen molar-refractivity contribution in [1.29, 1.82) is 5.26 Å². The van der Waals surface area contributed by atoms with Crippen LogP contribution in [0.2, 0.25) is 0 Å². The fraction of sp³-hybridized carbons (Fsp3) is 0.0476. The highest BCUT2D eigenvalue weighted by Gasteiger charge is 2.12. The SMILES string of the molecule is N#Cc1ccccc1NC(=O)COC(=O)c1ccc(NC(=O)c2cccs2)cc1. The molecule has 0 atom stereocenters. The fourth-order valence-corrected chi connectivity index (χ4v) is 3.00. The second kappa shape index (κ2) is 9.30. The molecular weight excluding hydrogens is 390 g/mol. The topological polar surface area (TPSA) is 108 Å². The lowest BCUT2D eigenvalue weighted by atomic mass is 10.2. The Morgan fingerprint density at radius 3 is 2.41 bits per heavy atom. The molecule has 29 heavy (non-hydrogen) atoms. The number of hydrogen-bond donors (Lipinski definition) is 2. The number of benzene rings is 2. The highest BCUT2D eigenvalue weighted by atomic mass is 32.1. The third-order valence-corrected chi connectivity index (χ3v) is 4.65. The van der Waals surface area contributed by atoms with Crippen LogP contribution in [-0.2, 0) is 9.53 Å². The molecule has 0 aliphatic rings. The summed E-state index contributed by atoms with van der Waals surface area (Å²) in [5.41, 5.74) is 1.43. The number of para-hydroxylation sites is 1. The van der Waals surface area contributed by atoms with Crippen LogP contribution in [0.5, 0.6) is 0 Å². The summed E-state index contributed by atoms with van der Waals surface area (Å²) in [6.45, 7) is -0.491. The van der Waals surface area contributed by atoms with Crippen LogP contribution in [-0.4, -0.2) is 24.4 Å². The van der Waals surface area contributed by atoms with Crippen molar-refractivity contribution in [2.75, 3.05) is 17.2 Å². The molecule has 3 aromatic rings. The fourth-order valence-electron chi connectivity index (χ4n) is 2.38. The highest BCUT2D eigenvalue weighted by molar-refractivity contribution is 7.12. The zero-order valence-corrected chi connectivity index (χ0v) is 15.9. The van der Waals surface area contributed by atoms with Gasteiger partial charge in [0.25, 0.3) is 11.8 Å². The first-order valence-corrected chi connectivity index (χ1v) is 9.36. The first kappa shape index (κ1) is 19.8. The van der Waals surface area contributed by atoms with Gasteiger partial charge in [-0.25, -0.2) is 4.79 Å². The van der Waals surface area contributed by atoms with E-state index in [1.54, 1.807) is 48.5 Å². The van der Waals surface area contributed by atoms with Gasteiger partial charge in [-0.05, 0) is 47.8 Å². The number of amides is 2. The van der Waals surface area contributed by atoms with Crippen LogP contribution in [0.15, 0.2) is 66.0 Å². The Kier molecular flexibility index (Phi) is 6.35. The van der Waals surface area contributed by atoms with E-state index < -0.39 is 18.5 Å². The van der Waals surface area contributed by atoms with E-state index in [0.717, 1.165) is 0 Å². The first-order valence-electron chi connectivity index (χ1n) is 8.48. The molecular formula is C21H15N3O4S. The summed E-state index contributed by atoms with van der Waals surface area (Å²) in [6, 6.07) is 18.1. The summed E-state index contributed by atoms with van der Waals surface area (Å²) in [5.74, 6) is -1.46. The molecule has 144 valence electrons. The van der Waals surface area contributed by atoms with Crippen molar-refractivity contribution in [2.45, 2.75) is 0 Å². The van der Waals surface area contributed by atoms with Crippen LogP contribution >= 0.6 is 11.3 Å². The van der Waals surface area contributed by atoms with Crippen molar-refractivity contribution in [3.05, 3.63) is 82.0 Å². The Balaban J connectivity index is 1.52. The van der Waals surface area contributed by atoms with Crippen molar-refractivity contribution in [1.82, 2.24) is 0 Å². The number of nitrogens with one attached hydrogen (secondary N) is 2.